The summed E-state index contributed by atoms with van der Waals surface area (Å²) < 4.78 is 6.16. The van der Waals surface area contributed by atoms with Crippen molar-refractivity contribution in [3.63, 3.8) is 0 Å². The van der Waals surface area contributed by atoms with E-state index in [1.165, 1.54) is 32.2 Å². The highest BCUT2D eigenvalue weighted by Crippen LogP contribution is 2.38. The van der Waals surface area contributed by atoms with Crippen LogP contribution in [-0.2, 0) is 4.74 Å². The molecule has 2 heteroatoms. The van der Waals surface area contributed by atoms with E-state index < -0.39 is 0 Å². The SMILES string of the molecule is CC(C)(C)C1CC(OC2CC2)CCN1C(C)(C)C. The lowest BCUT2D eigenvalue weighted by atomic mass is 9.77. The van der Waals surface area contributed by atoms with Gasteiger partial charge < -0.3 is 4.74 Å². The fourth-order valence-corrected chi connectivity index (χ4v) is 3.16. The van der Waals surface area contributed by atoms with E-state index in [0.29, 0.717) is 23.7 Å². The molecule has 106 valence electrons. The Hall–Kier alpha value is -0.0800. The molecule has 0 spiro atoms. The van der Waals surface area contributed by atoms with Gasteiger partial charge in [-0.3, -0.25) is 4.90 Å². The Morgan fingerprint density at radius 1 is 0.889 bits per heavy atom. The third-order valence-electron chi connectivity index (χ3n) is 4.32. The highest BCUT2D eigenvalue weighted by molar-refractivity contribution is 4.95. The highest BCUT2D eigenvalue weighted by Gasteiger charge is 2.42. The maximum absolute atomic E-state index is 6.16. The molecule has 0 N–H and O–H groups in total. The van der Waals surface area contributed by atoms with Gasteiger partial charge in [0.15, 0.2) is 0 Å². The molecule has 1 aliphatic heterocycles. The molecule has 2 unspecified atom stereocenters. The van der Waals surface area contributed by atoms with Gasteiger partial charge in [0.2, 0.25) is 0 Å². The predicted molar refractivity (Wildman–Crippen MR) is 76.8 cm³/mol. The number of hydrogen-bond donors (Lipinski definition) is 0. The van der Waals surface area contributed by atoms with E-state index in [0.717, 1.165) is 0 Å². The lowest BCUT2D eigenvalue weighted by Gasteiger charge is -2.51. The third kappa shape index (κ3) is 3.48. The van der Waals surface area contributed by atoms with Crippen LogP contribution in [0.15, 0.2) is 0 Å². The molecule has 2 atom stereocenters. The Bertz CT molecular complexity index is 282. The first-order chi connectivity index (χ1) is 8.18. The van der Waals surface area contributed by atoms with E-state index in [1.807, 2.05) is 0 Å². The molecule has 0 aromatic carbocycles. The summed E-state index contributed by atoms with van der Waals surface area (Å²) in [7, 11) is 0. The molecule has 2 fully saturated rings. The summed E-state index contributed by atoms with van der Waals surface area (Å²) in [6, 6.07) is 0.634. The van der Waals surface area contributed by atoms with Gasteiger partial charge in [-0.1, -0.05) is 20.8 Å². The molecule has 0 aromatic heterocycles. The number of ether oxygens (including phenoxy) is 1. The number of likely N-dealkylation sites (tertiary alicyclic amines) is 1. The predicted octanol–water partition coefficient (Wildman–Crippen LogP) is 3.84. The number of piperidine rings is 1. The summed E-state index contributed by atoms with van der Waals surface area (Å²) in [6.07, 6.45) is 6.09. The standard InChI is InChI=1S/C16H31NO/c1-15(2,3)14-11-13(18-12-7-8-12)9-10-17(14)16(4,5)6/h12-14H,7-11H2,1-6H3. The molecule has 18 heavy (non-hydrogen) atoms. The molecule has 2 nitrogen and oxygen atoms in total. The zero-order valence-corrected chi connectivity index (χ0v) is 13.1. The Morgan fingerprint density at radius 2 is 1.50 bits per heavy atom. The zero-order chi connectivity index (χ0) is 13.6. The molecule has 2 rings (SSSR count). The van der Waals surface area contributed by atoms with Crippen molar-refractivity contribution in [1.29, 1.82) is 0 Å². The summed E-state index contributed by atoms with van der Waals surface area (Å²) in [5.41, 5.74) is 0.599. The maximum Gasteiger partial charge on any atom is 0.0606 e. The van der Waals surface area contributed by atoms with Gasteiger partial charge in [-0.25, -0.2) is 0 Å². The second-order valence-corrected chi connectivity index (χ2v) is 8.23. The van der Waals surface area contributed by atoms with Crippen LogP contribution in [0.4, 0.5) is 0 Å². The quantitative estimate of drug-likeness (QED) is 0.741. The van der Waals surface area contributed by atoms with Gasteiger partial charge in [0.25, 0.3) is 0 Å². The van der Waals surface area contributed by atoms with E-state index in [2.05, 4.69) is 46.4 Å². The largest absolute Gasteiger partial charge is 0.375 e. The smallest absolute Gasteiger partial charge is 0.0606 e. The van der Waals surface area contributed by atoms with Crippen molar-refractivity contribution in [1.82, 2.24) is 4.90 Å². The molecule has 1 heterocycles. The monoisotopic (exact) mass is 253 g/mol. The van der Waals surface area contributed by atoms with Crippen molar-refractivity contribution in [2.24, 2.45) is 5.41 Å². The van der Waals surface area contributed by atoms with E-state index in [1.54, 1.807) is 0 Å². The van der Waals surface area contributed by atoms with E-state index in [9.17, 15) is 0 Å². The maximum atomic E-state index is 6.16. The van der Waals surface area contributed by atoms with E-state index >= 15 is 0 Å². The fraction of sp³-hybridized carbons (Fsp3) is 1.00. The van der Waals surface area contributed by atoms with Crippen molar-refractivity contribution < 1.29 is 4.74 Å². The summed E-state index contributed by atoms with van der Waals surface area (Å²) in [5, 5.41) is 0. The van der Waals surface area contributed by atoms with E-state index in [-0.39, 0.29) is 5.54 Å². The number of nitrogens with zero attached hydrogens (tertiary/aromatic N) is 1. The Morgan fingerprint density at radius 3 is 1.94 bits per heavy atom. The topological polar surface area (TPSA) is 12.5 Å². The van der Waals surface area contributed by atoms with Crippen LogP contribution in [0.2, 0.25) is 0 Å². The van der Waals surface area contributed by atoms with Crippen LogP contribution >= 0.6 is 0 Å². The van der Waals surface area contributed by atoms with Crippen LogP contribution in [-0.4, -0.2) is 35.2 Å². The average Bonchev–Trinajstić information content (AvgIpc) is 2.98. The molecule has 0 bridgehead atoms. The second-order valence-electron chi connectivity index (χ2n) is 8.23. The molecule has 0 radical (unpaired) electrons. The lowest BCUT2D eigenvalue weighted by Crippen LogP contribution is -2.58. The Balaban J connectivity index is 2.05. The number of rotatable bonds is 2. The summed E-state index contributed by atoms with van der Waals surface area (Å²) >= 11 is 0. The minimum Gasteiger partial charge on any atom is -0.375 e. The summed E-state index contributed by atoms with van der Waals surface area (Å²) in [4.78, 5) is 2.69. The third-order valence-corrected chi connectivity index (χ3v) is 4.32. The van der Waals surface area contributed by atoms with Crippen molar-refractivity contribution in [3.8, 4) is 0 Å². The Labute approximate surface area is 113 Å². The van der Waals surface area contributed by atoms with Crippen LogP contribution in [0, 0.1) is 5.41 Å². The first-order valence-corrected chi connectivity index (χ1v) is 7.60. The van der Waals surface area contributed by atoms with Crippen molar-refractivity contribution in [2.75, 3.05) is 6.54 Å². The van der Waals surface area contributed by atoms with Gasteiger partial charge in [0, 0.05) is 18.1 Å². The molecule has 2 aliphatic rings. The molecule has 1 saturated heterocycles. The second kappa shape index (κ2) is 4.79. The van der Waals surface area contributed by atoms with Crippen LogP contribution in [0.5, 0.6) is 0 Å². The van der Waals surface area contributed by atoms with Gasteiger partial charge in [-0.05, 0) is 51.9 Å². The average molecular weight is 253 g/mol. The van der Waals surface area contributed by atoms with E-state index in [4.69, 9.17) is 4.74 Å². The van der Waals surface area contributed by atoms with Gasteiger partial charge in [0.05, 0.1) is 12.2 Å². The van der Waals surface area contributed by atoms with Crippen LogP contribution in [0.1, 0.15) is 67.2 Å². The van der Waals surface area contributed by atoms with Crippen molar-refractivity contribution in [3.05, 3.63) is 0 Å². The van der Waals surface area contributed by atoms with Crippen LogP contribution in [0.25, 0.3) is 0 Å². The molecule has 1 aliphatic carbocycles. The lowest BCUT2D eigenvalue weighted by molar-refractivity contribution is -0.0771. The molecular formula is C16H31NO. The normalized spacial score (nSPS) is 31.7. The van der Waals surface area contributed by atoms with Crippen LogP contribution < -0.4 is 0 Å². The first-order valence-electron chi connectivity index (χ1n) is 7.60. The fourth-order valence-electron chi connectivity index (χ4n) is 3.16. The minimum absolute atomic E-state index is 0.266. The molecule has 0 aromatic rings. The van der Waals surface area contributed by atoms with Crippen molar-refractivity contribution >= 4 is 0 Å². The molecular weight excluding hydrogens is 222 g/mol. The highest BCUT2D eigenvalue weighted by atomic mass is 16.5. The Kier molecular flexibility index (Phi) is 3.81. The number of hydrogen-bond acceptors (Lipinski definition) is 2. The van der Waals surface area contributed by atoms with Gasteiger partial charge >= 0.3 is 0 Å². The van der Waals surface area contributed by atoms with Crippen molar-refractivity contribution in [2.45, 2.75) is 91.0 Å². The van der Waals surface area contributed by atoms with Gasteiger partial charge in [-0.15, -0.1) is 0 Å². The zero-order valence-electron chi connectivity index (χ0n) is 13.1. The molecule has 1 saturated carbocycles. The van der Waals surface area contributed by atoms with Gasteiger partial charge in [0.1, 0.15) is 0 Å². The van der Waals surface area contributed by atoms with Gasteiger partial charge in [-0.2, -0.15) is 0 Å². The summed E-state index contributed by atoms with van der Waals surface area (Å²) in [6.45, 7) is 15.3. The summed E-state index contributed by atoms with van der Waals surface area (Å²) in [5.74, 6) is 0. The van der Waals surface area contributed by atoms with Crippen LogP contribution in [0.3, 0.4) is 0 Å². The minimum atomic E-state index is 0.266. The molecule has 0 amide bonds. The first kappa shape index (κ1) is 14.3.